The van der Waals surface area contributed by atoms with Gasteiger partial charge in [-0.15, -0.1) is 11.8 Å². The minimum atomic E-state index is -0.235. The van der Waals surface area contributed by atoms with Gasteiger partial charge < -0.3 is 9.84 Å². The molecule has 7 heteroatoms. The summed E-state index contributed by atoms with van der Waals surface area (Å²) >= 11 is 1.72. The van der Waals surface area contributed by atoms with E-state index in [0.29, 0.717) is 33.7 Å². The number of carbonyl (C=O) groups is 1. The number of pyridine rings is 2. The van der Waals surface area contributed by atoms with Crippen molar-refractivity contribution in [2.45, 2.75) is 17.6 Å². The van der Waals surface area contributed by atoms with Gasteiger partial charge in [-0.2, -0.15) is 0 Å². The Hall–Kier alpha value is -3.97. The predicted molar refractivity (Wildman–Crippen MR) is 130 cm³/mol. The fraction of sp³-hybridized carbons (Fsp3) is 0.0769. The summed E-state index contributed by atoms with van der Waals surface area (Å²) in [4.78, 5) is 23.1. The second kappa shape index (κ2) is 9.26. The molecule has 162 valence electrons. The van der Waals surface area contributed by atoms with E-state index in [-0.39, 0.29) is 5.91 Å². The number of thioether (sulfide) groups is 1. The molecular formula is C26H20N4O2S. The van der Waals surface area contributed by atoms with Crippen LogP contribution >= 0.6 is 11.8 Å². The van der Waals surface area contributed by atoms with Crippen molar-refractivity contribution in [2.24, 2.45) is 0 Å². The molecule has 0 unspecified atom stereocenters. The average molecular weight is 453 g/mol. The predicted octanol–water partition coefficient (Wildman–Crippen LogP) is 6.14. The number of hydrogen-bond donors (Lipinski definition) is 1. The average Bonchev–Trinajstić information content (AvgIpc) is 3.25. The summed E-state index contributed by atoms with van der Waals surface area (Å²) in [6, 6.07) is 23.3. The van der Waals surface area contributed by atoms with Gasteiger partial charge in [0.15, 0.2) is 0 Å². The second-order valence-electron chi connectivity index (χ2n) is 7.50. The van der Waals surface area contributed by atoms with Gasteiger partial charge >= 0.3 is 0 Å². The monoisotopic (exact) mass is 452 g/mol. The summed E-state index contributed by atoms with van der Waals surface area (Å²) in [6.07, 6.45) is 3.64. The van der Waals surface area contributed by atoms with Crippen LogP contribution in [0.1, 0.15) is 21.6 Å². The lowest BCUT2D eigenvalue weighted by Gasteiger charge is -2.09. The van der Waals surface area contributed by atoms with Gasteiger partial charge in [0.2, 0.25) is 0 Å². The molecule has 0 saturated carbocycles. The van der Waals surface area contributed by atoms with Gasteiger partial charge in [-0.1, -0.05) is 41.6 Å². The molecule has 0 bridgehead atoms. The Bertz CT molecular complexity index is 1400. The van der Waals surface area contributed by atoms with E-state index in [1.165, 1.54) is 5.56 Å². The van der Waals surface area contributed by atoms with Gasteiger partial charge in [0.05, 0.1) is 22.3 Å². The number of amides is 1. The third-order valence-electron chi connectivity index (χ3n) is 5.17. The molecule has 5 aromatic rings. The molecule has 0 spiro atoms. The molecule has 0 aliphatic carbocycles. The molecule has 5 rings (SSSR count). The van der Waals surface area contributed by atoms with Crippen molar-refractivity contribution < 1.29 is 9.32 Å². The minimum Gasteiger partial charge on any atom is -0.335 e. The number of anilines is 1. The number of nitrogens with one attached hydrogen (secondary N) is 1. The molecule has 1 N–H and O–H groups in total. The normalized spacial score (nSPS) is 10.9. The third-order valence-corrected chi connectivity index (χ3v) is 6.25. The first kappa shape index (κ1) is 20.9. The van der Waals surface area contributed by atoms with Crippen LogP contribution in [-0.2, 0) is 5.75 Å². The topological polar surface area (TPSA) is 80.9 Å². The second-order valence-corrected chi connectivity index (χ2v) is 8.55. The molecule has 33 heavy (non-hydrogen) atoms. The largest absolute Gasteiger partial charge is 0.335 e. The van der Waals surface area contributed by atoms with Crippen LogP contribution in [0.3, 0.4) is 0 Å². The molecule has 0 aliphatic heterocycles. The molecule has 0 saturated heterocycles. The SMILES string of the molecule is Cc1noc2nc(-c3ccccc3)cc(C(=O)Nc3ccc(SCc4cccnc4)cc3)c12. The van der Waals surface area contributed by atoms with Gasteiger partial charge in [0, 0.05) is 34.3 Å². The van der Waals surface area contributed by atoms with Crippen molar-refractivity contribution in [3.8, 4) is 11.3 Å². The highest BCUT2D eigenvalue weighted by Crippen LogP contribution is 2.28. The first-order valence-electron chi connectivity index (χ1n) is 10.4. The van der Waals surface area contributed by atoms with Gasteiger partial charge in [-0.25, -0.2) is 4.98 Å². The van der Waals surface area contributed by atoms with E-state index >= 15 is 0 Å². The molecule has 2 aromatic carbocycles. The van der Waals surface area contributed by atoms with Gasteiger partial charge in [0.25, 0.3) is 11.6 Å². The number of aromatic nitrogens is 3. The summed E-state index contributed by atoms with van der Waals surface area (Å²) < 4.78 is 5.38. The molecule has 6 nitrogen and oxygen atoms in total. The van der Waals surface area contributed by atoms with E-state index in [2.05, 4.69) is 26.5 Å². The lowest BCUT2D eigenvalue weighted by atomic mass is 10.1. The van der Waals surface area contributed by atoms with Crippen molar-refractivity contribution in [1.29, 1.82) is 0 Å². The molecule has 0 atom stereocenters. The smallest absolute Gasteiger partial charge is 0.259 e. The fourth-order valence-corrected chi connectivity index (χ4v) is 4.35. The summed E-state index contributed by atoms with van der Waals surface area (Å²) in [5, 5.41) is 7.63. The quantitative estimate of drug-likeness (QED) is 0.312. The number of aryl methyl sites for hydroxylation is 1. The van der Waals surface area contributed by atoms with Gasteiger partial charge in [-0.05, 0) is 48.9 Å². The number of carbonyl (C=O) groups excluding carboxylic acids is 1. The van der Waals surface area contributed by atoms with Crippen LogP contribution in [0.25, 0.3) is 22.4 Å². The Labute approximate surface area is 195 Å². The lowest BCUT2D eigenvalue weighted by Crippen LogP contribution is -2.13. The Morgan fingerprint density at radius 3 is 2.61 bits per heavy atom. The van der Waals surface area contributed by atoms with E-state index in [1.807, 2.05) is 66.9 Å². The first-order chi connectivity index (χ1) is 16.2. The molecule has 0 fully saturated rings. The highest BCUT2D eigenvalue weighted by atomic mass is 32.2. The van der Waals surface area contributed by atoms with Crippen LogP contribution in [0.15, 0.2) is 94.6 Å². The number of nitrogens with zero attached hydrogens (tertiary/aromatic N) is 3. The summed E-state index contributed by atoms with van der Waals surface area (Å²) in [5.41, 5.74) is 4.90. The van der Waals surface area contributed by atoms with Crippen LogP contribution in [0.5, 0.6) is 0 Å². The zero-order valence-electron chi connectivity index (χ0n) is 17.9. The van der Waals surface area contributed by atoms with Crippen LogP contribution < -0.4 is 5.32 Å². The highest BCUT2D eigenvalue weighted by Gasteiger charge is 2.19. The van der Waals surface area contributed by atoms with Crippen molar-refractivity contribution >= 4 is 34.5 Å². The van der Waals surface area contributed by atoms with Crippen molar-refractivity contribution in [2.75, 3.05) is 5.32 Å². The maximum atomic E-state index is 13.2. The Morgan fingerprint density at radius 2 is 1.85 bits per heavy atom. The molecule has 3 aromatic heterocycles. The number of hydrogen-bond acceptors (Lipinski definition) is 6. The van der Waals surface area contributed by atoms with Crippen LogP contribution in [-0.4, -0.2) is 21.0 Å². The molecule has 0 aliphatic rings. The van der Waals surface area contributed by atoms with E-state index in [9.17, 15) is 4.79 Å². The van der Waals surface area contributed by atoms with Crippen molar-refractivity contribution in [1.82, 2.24) is 15.1 Å². The summed E-state index contributed by atoms with van der Waals surface area (Å²) in [7, 11) is 0. The van der Waals surface area contributed by atoms with Crippen LogP contribution in [0, 0.1) is 6.92 Å². The van der Waals surface area contributed by atoms with E-state index in [1.54, 1.807) is 30.9 Å². The van der Waals surface area contributed by atoms with Crippen LogP contribution in [0.2, 0.25) is 0 Å². The number of fused-ring (bicyclic) bond motifs is 1. The summed E-state index contributed by atoms with van der Waals surface area (Å²) in [6.45, 7) is 1.81. The van der Waals surface area contributed by atoms with Gasteiger partial charge in [-0.3, -0.25) is 9.78 Å². The fourth-order valence-electron chi connectivity index (χ4n) is 3.51. The lowest BCUT2D eigenvalue weighted by molar-refractivity contribution is 0.102. The first-order valence-corrected chi connectivity index (χ1v) is 11.4. The molecule has 3 heterocycles. The number of rotatable bonds is 6. The van der Waals surface area contributed by atoms with Crippen molar-refractivity contribution in [3.63, 3.8) is 0 Å². The number of benzene rings is 2. The Balaban J connectivity index is 1.37. The van der Waals surface area contributed by atoms with Crippen molar-refractivity contribution in [3.05, 3.63) is 102 Å². The zero-order valence-corrected chi connectivity index (χ0v) is 18.7. The standard InChI is InChI=1S/C26H20N4O2S/c1-17-24-22(14-23(29-26(24)32-30-17)19-7-3-2-4-8-19)25(31)28-20-9-11-21(12-10-20)33-16-18-6-5-13-27-15-18/h2-15H,16H2,1H3,(H,28,31). The van der Waals surface area contributed by atoms with Gasteiger partial charge in [0.1, 0.15) is 0 Å². The molecule has 0 radical (unpaired) electrons. The maximum Gasteiger partial charge on any atom is 0.259 e. The Morgan fingerprint density at radius 1 is 1.03 bits per heavy atom. The van der Waals surface area contributed by atoms with E-state index in [0.717, 1.165) is 16.2 Å². The zero-order chi connectivity index (χ0) is 22.6. The summed E-state index contributed by atoms with van der Waals surface area (Å²) in [5.74, 6) is 0.602. The van der Waals surface area contributed by atoms with E-state index in [4.69, 9.17) is 4.52 Å². The van der Waals surface area contributed by atoms with Crippen LogP contribution in [0.4, 0.5) is 5.69 Å². The highest BCUT2D eigenvalue weighted by molar-refractivity contribution is 7.98. The molecular weight excluding hydrogens is 432 g/mol. The Kier molecular flexibility index (Phi) is 5.87. The third kappa shape index (κ3) is 4.63. The minimum absolute atomic E-state index is 0.235. The molecule has 1 amide bonds. The maximum absolute atomic E-state index is 13.2. The van der Waals surface area contributed by atoms with E-state index < -0.39 is 0 Å².